The summed E-state index contributed by atoms with van der Waals surface area (Å²) in [5.74, 6) is -0.377. The van der Waals surface area contributed by atoms with Gasteiger partial charge in [0.05, 0.1) is 6.54 Å². The molecule has 0 N–H and O–H groups in total. The molecule has 0 aliphatic rings. The Hall–Kier alpha value is -1.41. The summed E-state index contributed by atoms with van der Waals surface area (Å²) in [6, 6.07) is 0. The number of hydrogen-bond acceptors (Lipinski definition) is 4. The first-order chi connectivity index (χ1) is 7.74. The predicted octanol–water partition coefficient (Wildman–Crippen LogP) is 2.20. The molecule has 0 aromatic heterocycles. The van der Waals surface area contributed by atoms with E-state index in [-0.39, 0.29) is 12.1 Å². The fraction of sp³-hybridized carbons (Fsp3) is 0.583. The third-order valence-corrected chi connectivity index (χ3v) is 2.11. The Morgan fingerprint density at radius 2 is 2.31 bits per heavy atom. The Morgan fingerprint density at radius 1 is 1.56 bits per heavy atom. The van der Waals surface area contributed by atoms with E-state index in [0.29, 0.717) is 6.54 Å². The lowest BCUT2D eigenvalue weighted by Crippen LogP contribution is -2.15. The van der Waals surface area contributed by atoms with Crippen LogP contribution in [0.15, 0.2) is 17.6 Å². The van der Waals surface area contributed by atoms with E-state index < -0.39 is 0 Å². The van der Waals surface area contributed by atoms with Crippen LogP contribution < -0.4 is 0 Å². The van der Waals surface area contributed by atoms with Crippen LogP contribution in [0.4, 0.5) is 0 Å². The normalized spacial score (nSPS) is 11.3. The molecule has 0 aromatic rings. The number of carbonyl (C=O) groups excluding carboxylic acids is 2. The minimum atomic E-state index is -0.377. The fourth-order valence-corrected chi connectivity index (χ4v) is 1.21. The predicted molar refractivity (Wildman–Crippen MR) is 61.5 cm³/mol. The van der Waals surface area contributed by atoms with E-state index >= 15 is 0 Å². The molecular formula is C12H18NO3. The molecule has 1 atom stereocenters. The number of isocyanates is 1. The first kappa shape index (κ1) is 14.6. The van der Waals surface area contributed by atoms with E-state index in [9.17, 15) is 9.59 Å². The molecule has 1 radical (unpaired) electrons. The van der Waals surface area contributed by atoms with Gasteiger partial charge >= 0.3 is 5.97 Å². The summed E-state index contributed by atoms with van der Waals surface area (Å²) in [7, 11) is 0. The molecule has 0 aromatic carbocycles. The maximum absolute atomic E-state index is 10.9. The van der Waals surface area contributed by atoms with Gasteiger partial charge in [-0.25, -0.2) is 14.6 Å². The molecule has 1 unspecified atom stereocenters. The van der Waals surface area contributed by atoms with Crippen molar-refractivity contribution in [3.8, 4) is 0 Å². The molecule has 0 aliphatic heterocycles. The van der Waals surface area contributed by atoms with Crippen molar-refractivity contribution in [2.24, 2.45) is 4.99 Å². The van der Waals surface area contributed by atoms with Gasteiger partial charge in [0.15, 0.2) is 0 Å². The minimum Gasteiger partial charge on any atom is -0.459 e. The number of carbonyl (C=O) groups is 1. The van der Waals surface area contributed by atoms with E-state index in [0.717, 1.165) is 25.7 Å². The molecule has 0 rings (SSSR count). The van der Waals surface area contributed by atoms with Gasteiger partial charge in [0.25, 0.3) is 0 Å². The third-order valence-electron chi connectivity index (χ3n) is 2.11. The summed E-state index contributed by atoms with van der Waals surface area (Å²) >= 11 is 0. The smallest absolute Gasteiger partial charge is 0.330 e. The lowest BCUT2D eigenvalue weighted by molar-refractivity contribution is -0.143. The molecule has 0 spiro atoms. The Kier molecular flexibility index (Phi) is 9.23. The third kappa shape index (κ3) is 7.94. The zero-order valence-electron chi connectivity index (χ0n) is 9.65. The van der Waals surface area contributed by atoms with Crippen molar-refractivity contribution < 1.29 is 14.3 Å². The summed E-state index contributed by atoms with van der Waals surface area (Å²) < 4.78 is 5.11. The average Bonchev–Trinajstić information content (AvgIpc) is 2.31. The van der Waals surface area contributed by atoms with Crippen molar-refractivity contribution in [1.82, 2.24) is 0 Å². The molecule has 0 fully saturated rings. The van der Waals surface area contributed by atoms with Crippen LogP contribution in [-0.4, -0.2) is 24.7 Å². The molecule has 89 valence electrons. The van der Waals surface area contributed by atoms with Crippen LogP contribution >= 0.6 is 0 Å². The van der Waals surface area contributed by atoms with Gasteiger partial charge in [-0.05, 0) is 32.1 Å². The number of unbranched alkanes of at least 4 members (excludes halogenated alkanes) is 2. The second kappa shape index (κ2) is 10.1. The molecule has 0 amide bonds. The van der Waals surface area contributed by atoms with Crippen LogP contribution in [0, 0.1) is 6.42 Å². The molecule has 4 heteroatoms. The fourth-order valence-electron chi connectivity index (χ4n) is 1.21. The lowest BCUT2D eigenvalue weighted by Gasteiger charge is -2.14. The zero-order valence-corrected chi connectivity index (χ0v) is 9.65. The van der Waals surface area contributed by atoms with Crippen LogP contribution in [0.25, 0.3) is 0 Å². The first-order valence-corrected chi connectivity index (χ1v) is 5.42. The van der Waals surface area contributed by atoms with Gasteiger partial charge in [-0.15, -0.1) is 0 Å². The standard InChI is InChI=1S/C12H18NO3/c1-3-11(16-12(15)4-2)8-6-5-7-9-13-10-14/h4-5,11H,2-3,6-9H2,1H3. The highest BCUT2D eigenvalue weighted by molar-refractivity contribution is 5.81. The van der Waals surface area contributed by atoms with Gasteiger partial charge in [-0.1, -0.05) is 13.5 Å². The van der Waals surface area contributed by atoms with Gasteiger partial charge < -0.3 is 4.74 Å². The number of esters is 1. The summed E-state index contributed by atoms with van der Waals surface area (Å²) in [5, 5.41) is 0. The SMILES string of the molecule is C=CC(=O)OC(CC)CC[CH]CCN=C=O. The molecule has 0 bridgehead atoms. The minimum absolute atomic E-state index is 0.0590. The summed E-state index contributed by atoms with van der Waals surface area (Å²) in [4.78, 5) is 24.2. The molecular weight excluding hydrogens is 206 g/mol. The molecule has 0 saturated heterocycles. The Balaban J connectivity index is 3.58. The van der Waals surface area contributed by atoms with E-state index in [1.54, 1.807) is 0 Å². The quantitative estimate of drug-likeness (QED) is 0.198. The second-order valence-electron chi connectivity index (χ2n) is 3.30. The number of nitrogens with zero attached hydrogens (tertiary/aromatic N) is 1. The Labute approximate surface area is 96.4 Å². The lowest BCUT2D eigenvalue weighted by atomic mass is 10.1. The second-order valence-corrected chi connectivity index (χ2v) is 3.30. The Bertz CT molecular complexity index is 257. The largest absolute Gasteiger partial charge is 0.459 e. The van der Waals surface area contributed by atoms with Crippen molar-refractivity contribution in [1.29, 1.82) is 0 Å². The summed E-state index contributed by atoms with van der Waals surface area (Å²) in [6.45, 7) is 5.80. The van der Waals surface area contributed by atoms with Gasteiger partial charge in [-0.3, -0.25) is 0 Å². The maximum Gasteiger partial charge on any atom is 0.330 e. The van der Waals surface area contributed by atoms with E-state index in [4.69, 9.17) is 4.74 Å². The monoisotopic (exact) mass is 224 g/mol. The van der Waals surface area contributed by atoms with E-state index in [2.05, 4.69) is 11.6 Å². The van der Waals surface area contributed by atoms with Crippen LogP contribution in [0.1, 0.15) is 32.6 Å². The average molecular weight is 224 g/mol. The summed E-state index contributed by atoms with van der Waals surface area (Å²) in [5.41, 5.74) is 0. The van der Waals surface area contributed by atoms with Crippen molar-refractivity contribution in [2.45, 2.75) is 38.7 Å². The highest BCUT2D eigenvalue weighted by Crippen LogP contribution is 2.09. The van der Waals surface area contributed by atoms with Crippen molar-refractivity contribution in [3.05, 3.63) is 19.1 Å². The van der Waals surface area contributed by atoms with Crippen LogP contribution in [-0.2, 0) is 14.3 Å². The number of aliphatic imine (C=N–C) groups is 1. The molecule has 0 saturated carbocycles. The van der Waals surface area contributed by atoms with Gasteiger partial charge in [0, 0.05) is 6.08 Å². The van der Waals surface area contributed by atoms with Crippen molar-refractivity contribution >= 4 is 12.0 Å². The number of ether oxygens (including phenoxy) is 1. The van der Waals surface area contributed by atoms with Gasteiger partial charge in [0.2, 0.25) is 6.08 Å². The van der Waals surface area contributed by atoms with Crippen LogP contribution in [0.5, 0.6) is 0 Å². The zero-order chi connectivity index (χ0) is 12.2. The maximum atomic E-state index is 10.9. The van der Waals surface area contributed by atoms with Crippen LogP contribution in [0.3, 0.4) is 0 Å². The molecule has 0 heterocycles. The van der Waals surface area contributed by atoms with E-state index in [1.807, 2.05) is 13.3 Å². The highest BCUT2D eigenvalue weighted by Gasteiger charge is 2.09. The van der Waals surface area contributed by atoms with Crippen molar-refractivity contribution in [2.75, 3.05) is 6.54 Å². The topological polar surface area (TPSA) is 55.7 Å². The first-order valence-electron chi connectivity index (χ1n) is 5.42. The van der Waals surface area contributed by atoms with E-state index in [1.165, 1.54) is 12.2 Å². The molecule has 0 aliphatic carbocycles. The molecule has 16 heavy (non-hydrogen) atoms. The highest BCUT2D eigenvalue weighted by atomic mass is 16.5. The molecule has 4 nitrogen and oxygen atoms in total. The Morgan fingerprint density at radius 3 is 2.88 bits per heavy atom. The number of rotatable bonds is 9. The van der Waals surface area contributed by atoms with Gasteiger partial charge in [-0.2, -0.15) is 0 Å². The van der Waals surface area contributed by atoms with Crippen molar-refractivity contribution in [3.63, 3.8) is 0 Å². The summed E-state index contributed by atoms with van der Waals surface area (Å²) in [6.07, 6.45) is 7.81. The van der Waals surface area contributed by atoms with Crippen LogP contribution in [0.2, 0.25) is 0 Å². The van der Waals surface area contributed by atoms with Gasteiger partial charge in [0.1, 0.15) is 6.10 Å². The number of hydrogen-bond donors (Lipinski definition) is 0.